The Morgan fingerprint density at radius 1 is 1.00 bits per heavy atom. The van der Waals surface area contributed by atoms with Gasteiger partial charge < -0.3 is 14.1 Å². The molecule has 0 radical (unpaired) electrons. The fourth-order valence-electron chi connectivity index (χ4n) is 4.22. The fraction of sp³-hybridized carbons (Fsp3) is 0.469. The second kappa shape index (κ2) is 12.2. The van der Waals surface area contributed by atoms with Crippen LogP contribution in [0.2, 0.25) is 18.1 Å². The fourth-order valence-corrected chi connectivity index (χ4v) is 5.98. The topological polar surface area (TPSA) is 108 Å². The molecule has 2 unspecified atom stereocenters. The van der Waals surface area contributed by atoms with Crippen LogP contribution in [0, 0.1) is 0 Å². The van der Waals surface area contributed by atoms with Crippen molar-refractivity contribution in [3.63, 3.8) is 0 Å². The largest absolute Gasteiger partial charge is 0.598 e. The molecule has 0 saturated heterocycles. The van der Waals surface area contributed by atoms with E-state index >= 15 is 0 Å². The summed E-state index contributed by atoms with van der Waals surface area (Å²) in [6.07, 6.45) is 2.89. The van der Waals surface area contributed by atoms with Gasteiger partial charge >= 0.3 is 0 Å². The molecule has 0 fully saturated rings. The third-order valence-electron chi connectivity index (χ3n) is 7.87. The number of nitrogens with zero attached hydrogens (tertiary/aromatic N) is 4. The second-order valence-corrected chi connectivity index (χ2v) is 20.1. The van der Waals surface area contributed by atoms with E-state index in [2.05, 4.69) is 43.7 Å². The van der Waals surface area contributed by atoms with Crippen LogP contribution in [0.5, 0.6) is 0 Å². The van der Waals surface area contributed by atoms with E-state index in [1.807, 2.05) is 87.1 Å². The molecule has 226 valence electrons. The molecule has 3 heterocycles. The lowest BCUT2D eigenvalue weighted by atomic mass is 10.0. The highest BCUT2D eigenvalue weighted by Gasteiger charge is 2.40. The first-order chi connectivity index (χ1) is 19.5. The minimum Gasteiger partial charge on any atom is -0.598 e. The van der Waals surface area contributed by atoms with Crippen molar-refractivity contribution in [1.82, 2.24) is 24.5 Å². The predicted molar refractivity (Wildman–Crippen MR) is 174 cm³/mol. The van der Waals surface area contributed by atoms with E-state index in [0.717, 1.165) is 22.2 Å². The average molecular weight is 608 g/mol. The highest BCUT2D eigenvalue weighted by Crippen LogP contribution is 2.37. The van der Waals surface area contributed by atoms with Crippen LogP contribution < -0.4 is 4.72 Å². The number of hydrogen-bond acceptors (Lipinski definition) is 7. The Morgan fingerprint density at radius 2 is 1.71 bits per heavy atom. The molecule has 0 amide bonds. The molecule has 3 aromatic heterocycles. The molecule has 4 aromatic rings. The van der Waals surface area contributed by atoms with Gasteiger partial charge in [0, 0.05) is 22.3 Å². The third-order valence-corrected chi connectivity index (χ3v) is 14.0. The Bertz CT molecular complexity index is 1530. The highest BCUT2D eigenvalue weighted by atomic mass is 32.2. The van der Waals surface area contributed by atoms with Crippen LogP contribution >= 0.6 is 0 Å². The number of fused-ring (bicyclic) bond motifs is 1. The van der Waals surface area contributed by atoms with Gasteiger partial charge in [-0.2, -0.15) is 5.10 Å². The Hall–Kier alpha value is -2.60. The molecular weight excluding hydrogens is 563 g/mol. The second-order valence-electron chi connectivity index (χ2n) is 13.4. The highest BCUT2D eigenvalue weighted by molar-refractivity contribution is 7.90. The van der Waals surface area contributed by atoms with E-state index in [1.54, 1.807) is 6.07 Å². The van der Waals surface area contributed by atoms with E-state index in [9.17, 15) is 9.66 Å². The van der Waals surface area contributed by atoms with Crippen molar-refractivity contribution >= 4 is 30.6 Å². The minimum atomic E-state index is -1.91. The maximum Gasteiger partial charge on any atom is 0.200 e. The summed E-state index contributed by atoms with van der Waals surface area (Å²) in [6, 6.07) is 17.5. The summed E-state index contributed by atoms with van der Waals surface area (Å²) in [5.41, 5.74) is 2.24. The normalized spacial score (nSPS) is 15.1. The number of aliphatic hydroxyl groups is 1. The van der Waals surface area contributed by atoms with E-state index in [1.165, 1.54) is 0 Å². The summed E-state index contributed by atoms with van der Waals surface area (Å²) >= 11 is -1.48. The molecule has 0 bridgehead atoms. The molecule has 2 atom stereocenters. The van der Waals surface area contributed by atoms with Crippen LogP contribution in [-0.4, -0.2) is 42.5 Å². The van der Waals surface area contributed by atoms with Gasteiger partial charge in [0.1, 0.15) is 4.75 Å². The standard InChI is InChI=1S/C32H45N5O3SSi/c1-10-19-32(38,36-41(39)30(2,3)4)28-15-12-14-26(35-28)23-17-18-24-21-33-37(27(24)20-23)29-16-11-13-25(34-29)22-40-42(8,9)31(5,6)7/h11-18,20-21,36,38H,10,19,22H2,1-9H3. The Balaban J connectivity index is 1.66. The summed E-state index contributed by atoms with van der Waals surface area (Å²) in [7, 11) is -1.91. The smallest absolute Gasteiger partial charge is 0.200 e. The van der Waals surface area contributed by atoms with Gasteiger partial charge in [-0.3, -0.25) is 0 Å². The first-order valence-corrected chi connectivity index (χ1v) is 18.6. The van der Waals surface area contributed by atoms with Crippen LogP contribution in [0.25, 0.3) is 28.0 Å². The van der Waals surface area contributed by atoms with Gasteiger partial charge in [-0.1, -0.05) is 58.4 Å². The number of aromatic nitrogens is 4. The summed E-state index contributed by atoms with van der Waals surface area (Å²) in [6.45, 7) is 19.2. The van der Waals surface area contributed by atoms with Gasteiger partial charge in [0.15, 0.2) is 19.9 Å². The molecule has 0 aliphatic rings. The predicted octanol–water partition coefficient (Wildman–Crippen LogP) is 7.00. The Morgan fingerprint density at radius 3 is 2.38 bits per heavy atom. The van der Waals surface area contributed by atoms with Crippen LogP contribution in [0.1, 0.15) is 72.7 Å². The van der Waals surface area contributed by atoms with E-state index < -0.39 is 30.2 Å². The summed E-state index contributed by atoms with van der Waals surface area (Å²) in [5.74, 6) is 0.714. The molecule has 42 heavy (non-hydrogen) atoms. The van der Waals surface area contributed by atoms with Crippen molar-refractivity contribution in [3.05, 3.63) is 72.2 Å². The van der Waals surface area contributed by atoms with Crippen molar-refractivity contribution in [2.24, 2.45) is 0 Å². The molecule has 0 spiro atoms. The third kappa shape index (κ3) is 7.12. The number of pyridine rings is 2. The van der Waals surface area contributed by atoms with Gasteiger partial charge in [-0.05, 0) is 75.7 Å². The van der Waals surface area contributed by atoms with Crippen LogP contribution in [-0.2, 0) is 28.1 Å². The number of rotatable bonds is 10. The van der Waals surface area contributed by atoms with Crippen molar-refractivity contribution in [3.8, 4) is 17.1 Å². The lowest BCUT2D eigenvalue weighted by molar-refractivity contribution is 0.0101. The number of benzene rings is 1. The van der Waals surface area contributed by atoms with Gasteiger partial charge in [0.05, 0.1) is 35.4 Å². The molecule has 2 N–H and O–H groups in total. The Kier molecular flexibility index (Phi) is 9.37. The molecule has 4 rings (SSSR count). The summed E-state index contributed by atoms with van der Waals surface area (Å²) in [4.78, 5) is 9.72. The zero-order valence-electron chi connectivity index (χ0n) is 26.4. The Labute approximate surface area is 254 Å². The first-order valence-electron chi connectivity index (χ1n) is 14.5. The van der Waals surface area contributed by atoms with Crippen LogP contribution in [0.3, 0.4) is 0 Å². The molecule has 10 heteroatoms. The maximum absolute atomic E-state index is 12.9. The van der Waals surface area contributed by atoms with Crippen LogP contribution in [0.15, 0.2) is 60.8 Å². The van der Waals surface area contributed by atoms with E-state index in [-0.39, 0.29) is 5.04 Å². The summed E-state index contributed by atoms with van der Waals surface area (Å²) in [5, 5.41) is 17.3. The summed E-state index contributed by atoms with van der Waals surface area (Å²) < 4.78 is 23.6. The van der Waals surface area contributed by atoms with Crippen LogP contribution in [0.4, 0.5) is 0 Å². The molecule has 0 aliphatic carbocycles. The van der Waals surface area contributed by atoms with E-state index in [0.29, 0.717) is 36.7 Å². The quantitative estimate of drug-likeness (QED) is 0.113. The number of hydrogen-bond donors (Lipinski definition) is 2. The van der Waals surface area contributed by atoms with Gasteiger partial charge in [-0.15, -0.1) is 4.72 Å². The zero-order chi connectivity index (χ0) is 30.9. The van der Waals surface area contributed by atoms with E-state index in [4.69, 9.17) is 14.4 Å². The van der Waals surface area contributed by atoms with Crippen molar-refractivity contribution in [1.29, 1.82) is 0 Å². The first kappa shape index (κ1) is 32.3. The van der Waals surface area contributed by atoms with Gasteiger partial charge in [0.25, 0.3) is 0 Å². The SMILES string of the molecule is CCCC(O)(N[S+]([O-])C(C)(C)C)c1cccc(-c2ccc3cnn(-c4cccc(CO[Si](C)(C)C(C)(C)C)n4)c3c2)n1. The lowest BCUT2D eigenvalue weighted by Crippen LogP contribution is -2.51. The average Bonchev–Trinajstić information content (AvgIpc) is 3.34. The molecule has 8 nitrogen and oxygen atoms in total. The van der Waals surface area contributed by atoms with Crippen molar-refractivity contribution in [2.45, 2.75) is 96.5 Å². The van der Waals surface area contributed by atoms with Crippen molar-refractivity contribution < 1.29 is 14.1 Å². The molecular formula is C32H45N5O3SSi. The maximum atomic E-state index is 12.9. The monoisotopic (exact) mass is 607 g/mol. The zero-order valence-corrected chi connectivity index (χ0v) is 28.2. The van der Waals surface area contributed by atoms with Gasteiger partial charge in [-0.25, -0.2) is 14.6 Å². The lowest BCUT2D eigenvalue weighted by Gasteiger charge is -2.36. The molecule has 0 aliphatic heterocycles. The molecule has 0 saturated carbocycles. The molecule has 1 aromatic carbocycles. The number of nitrogens with one attached hydrogen (secondary N) is 1. The minimum absolute atomic E-state index is 0.122. The van der Waals surface area contributed by atoms with Gasteiger partial charge in [0.2, 0.25) is 0 Å². The van der Waals surface area contributed by atoms with Crippen molar-refractivity contribution in [2.75, 3.05) is 0 Å².